The summed E-state index contributed by atoms with van der Waals surface area (Å²) in [6.45, 7) is 1.53. The number of aryl methyl sites for hydroxylation is 1. The molecule has 4 nitrogen and oxygen atoms in total. The summed E-state index contributed by atoms with van der Waals surface area (Å²) < 4.78 is 26.2. The predicted octanol–water partition coefficient (Wildman–Crippen LogP) is -1.95. The molecule has 1 aromatic carbocycles. The van der Waals surface area contributed by atoms with Gasteiger partial charge < -0.3 is 9.83 Å². The van der Waals surface area contributed by atoms with Gasteiger partial charge in [0.25, 0.3) is 0 Å². The Labute approximate surface area is 133 Å². The van der Waals surface area contributed by atoms with Gasteiger partial charge in [0, 0.05) is 11.5 Å². The molecule has 1 aromatic rings. The Kier molecular flexibility index (Phi) is 7.48. The topological polar surface area (TPSA) is 68.5 Å². The van der Waals surface area contributed by atoms with E-state index in [1.807, 2.05) is 6.92 Å². The van der Waals surface area contributed by atoms with Crippen molar-refractivity contribution in [2.45, 2.75) is 11.8 Å². The molecule has 0 amide bonds. The average molecular weight is 253 g/mol. The van der Waals surface area contributed by atoms with Crippen molar-refractivity contribution in [2.75, 3.05) is 13.2 Å². The molecule has 1 rings (SSSR count). The Morgan fingerprint density at radius 2 is 1.80 bits per heavy atom. The van der Waals surface area contributed by atoms with E-state index in [9.17, 15) is 8.42 Å². The van der Waals surface area contributed by atoms with E-state index in [1.54, 1.807) is 12.1 Å². The molecular weight excluding hydrogens is 241 g/mol. The van der Waals surface area contributed by atoms with Gasteiger partial charge in [0.2, 0.25) is 0 Å². The second-order valence-corrected chi connectivity index (χ2v) is 4.54. The van der Waals surface area contributed by atoms with Gasteiger partial charge in [-0.15, -0.1) is 6.54 Å². The van der Waals surface area contributed by atoms with Crippen molar-refractivity contribution < 1.29 is 64.9 Å². The zero-order valence-electron chi connectivity index (χ0n) is 8.84. The van der Waals surface area contributed by atoms with E-state index in [0.29, 0.717) is 0 Å². The van der Waals surface area contributed by atoms with E-state index in [0.717, 1.165) is 5.56 Å². The molecule has 0 spiro atoms. The zero-order chi connectivity index (χ0) is 10.6. The molecule has 0 radical (unpaired) electrons. The molecule has 15 heavy (non-hydrogen) atoms. The number of rotatable bonds is 4. The van der Waals surface area contributed by atoms with Crippen LogP contribution in [0.5, 0.6) is 0 Å². The number of benzene rings is 1. The first-order valence-corrected chi connectivity index (χ1v) is 5.61. The van der Waals surface area contributed by atoms with E-state index in [1.165, 1.54) is 12.1 Å². The minimum Gasteiger partial charge on any atom is -0.543 e. The van der Waals surface area contributed by atoms with E-state index in [4.69, 9.17) is 5.11 Å². The Morgan fingerprint density at radius 1 is 1.27 bits per heavy atom. The second kappa shape index (κ2) is 7.13. The summed E-state index contributed by atoms with van der Waals surface area (Å²) in [4.78, 5) is 0.163. The molecule has 0 aliphatic heterocycles. The summed E-state index contributed by atoms with van der Waals surface area (Å²) in [7, 11) is -3.57. The van der Waals surface area contributed by atoms with Crippen molar-refractivity contribution in [2.24, 2.45) is 0 Å². The normalized spacial score (nSPS) is 10.8. The standard InChI is InChI=1S/C9H12NO3S.K/c1-8-2-4-9(5-3-8)14(12,13)10-6-7-11;/h2-5,11H,6-7H2,1H3;/q-1;+1. The van der Waals surface area contributed by atoms with Crippen molar-refractivity contribution >= 4 is 10.0 Å². The molecule has 1 N–H and O–H groups in total. The first kappa shape index (κ1) is 15.7. The first-order valence-electron chi connectivity index (χ1n) is 4.17. The van der Waals surface area contributed by atoms with Gasteiger partial charge in [0.15, 0.2) is 0 Å². The Balaban J connectivity index is 0.00000196. The molecule has 0 saturated heterocycles. The van der Waals surface area contributed by atoms with Crippen LogP contribution >= 0.6 is 0 Å². The maximum absolute atomic E-state index is 11.4. The third-order valence-corrected chi connectivity index (χ3v) is 3.07. The second-order valence-electron chi connectivity index (χ2n) is 2.86. The SMILES string of the molecule is Cc1ccc(S(=O)(=O)[N-]CCO)cc1.[K+]. The molecule has 78 valence electrons. The maximum Gasteiger partial charge on any atom is 1.00 e. The van der Waals surface area contributed by atoms with E-state index in [2.05, 4.69) is 4.72 Å². The van der Waals surface area contributed by atoms with Crippen LogP contribution in [-0.2, 0) is 10.0 Å². The van der Waals surface area contributed by atoms with Crippen molar-refractivity contribution in [3.8, 4) is 0 Å². The Hall–Kier alpha value is 0.726. The minimum atomic E-state index is -3.57. The molecule has 6 heteroatoms. The summed E-state index contributed by atoms with van der Waals surface area (Å²) in [6, 6.07) is 6.43. The number of sulfonamides is 1. The summed E-state index contributed by atoms with van der Waals surface area (Å²) in [5.41, 5.74) is 0.992. The van der Waals surface area contributed by atoms with Crippen LogP contribution in [0.3, 0.4) is 0 Å². The molecular formula is C9H12KNO3S. The quantitative estimate of drug-likeness (QED) is 0.634. The first-order chi connectivity index (χ1) is 6.56. The van der Waals surface area contributed by atoms with E-state index >= 15 is 0 Å². The smallest absolute Gasteiger partial charge is 0.543 e. The molecule has 0 aromatic heterocycles. The fourth-order valence-corrected chi connectivity index (χ4v) is 1.90. The summed E-state index contributed by atoms with van der Waals surface area (Å²) in [5, 5.41) is 8.46. The third-order valence-electron chi connectivity index (χ3n) is 1.68. The van der Waals surface area contributed by atoms with Crippen LogP contribution in [0, 0.1) is 6.92 Å². The van der Waals surface area contributed by atoms with Gasteiger partial charge in [-0.3, -0.25) is 0 Å². The molecule has 0 aliphatic carbocycles. The van der Waals surface area contributed by atoms with E-state index < -0.39 is 10.0 Å². The van der Waals surface area contributed by atoms with Gasteiger partial charge in [-0.2, -0.15) is 0 Å². The molecule has 0 atom stereocenters. The van der Waals surface area contributed by atoms with Gasteiger partial charge in [-0.1, -0.05) is 17.7 Å². The molecule has 0 bridgehead atoms. The Bertz CT molecular complexity index is 388. The van der Waals surface area contributed by atoms with Gasteiger partial charge >= 0.3 is 51.4 Å². The van der Waals surface area contributed by atoms with Crippen LogP contribution in [0.15, 0.2) is 29.2 Å². The van der Waals surface area contributed by atoms with E-state index in [-0.39, 0.29) is 69.4 Å². The number of aliphatic hydroxyl groups is 1. The van der Waals surface area contributed by atoms with Gasteiger partial charge in [0.05, 0.1) is 0 Å². The molecule has 0 saturated carbocycles. The minimum absolute atomic E-state index is 0. The fraction of sp³-hybridized carbons (Fsp3) is 0.333. The van der Waals surface area contributed by atoms with Crippen LogP contribution in [0.25, 0.3) is 4.72 Å². The Morgan fingerprint density at radius 3 is 2.27 bits per heavy atom. The molecule has 0 unspecified atom stereocenters. The predicted molar refractivity (Wildman–Crippen MR) is 53.7 cm³/mol. The number of aliphatic hydroxyl groups excluding tert-OH is 1. The van der Waals surface area contributed by atoms with Gasteiger partial charge in [0.1, 0.15) is 10.0 Å². The van der Waals surface area contributed by atoms with Crippen molar-refractivity contribution in [1.82, 2.24) is 0 Å². The van der Waals surface area contributed by atoms with Crippen molar-refractivity contribution in [3.05, 3.63) is 34.6 Å². The summed E-state index contributed by atoms with van der Waals surface area (Å²) in [5.74, 6) is 0. The van der Waals surface area contributed by atoms with Crippen LogP contribution in [0.2, 0.25) is 0 Å². The van der Waals surface area contributed by atoms with Crippen LogP contribution in [-0.4, -0.2) is 26.7 Å². The van der Waals surface area contributed by atoms with Crippen molar-refractivity contribution in [1.29, 1.82) is 0 Å². The fourth-order valence-electron chi connectivity index (χ4n) is 0.946. The van der Waals surface area contributed by atoms with Gasteiger partial charge in [-0.05, 0) is 19.1 Å². The molecule has 0 fully saturated rings. The van der Waals surface area contributed by atoms with Crippen LogP contribution < -0.4 is 51.4 Å². The van der Waals surface area contributed by atoms with Crippen LogP contribution in [0.4, 0.5) is 0 Å². The summed E-state index contributed by atoms with van der Waals surface area (Å²) >= 11 is 0. The number of hydrogen-bond acceptors (Lipinski definition) is 3. The van der Waals surface area contributed by atoms with Gasteiger partial charge in [-0.25, -0.2) is 8.42 Å². The number of hydrogen-bond donors (Lipinski definition) is 1. The zero-order valence-corrected chi connectivity index (χ0v) is 12.8. The monoisotopic (exact) mass is 253 g/mol. The molecule has 0 aliphatic rings. The molecule has 0 heterocycles. The number of nitrogens with zero attached hydrogens (tertiary/aromatic N) is 1. The van der Waals surface area contributed by atoms with Crippen molar-refractivity contribution in [3.63, 3.8) is 0 Å². The summed E-state index contributed by atoms with van der Waals surface area (Å²) in [6.07, 6.45) is 0. The average Bonchev–Trinajstić information content (AvgIpc) is 2.16. The maximum atomic E-state index is 11.4. The van der Waals surface area contributed by atoms with Crippen LogP contribution in [0.1, 0.15) is 5.56 Å². The largest absolute Gasteiger partial charge is 1.00 e. The third kappa shape index (κ3) is 5.05.